The second-order valence-corrected chi connectivity index (χ2v) is 7.94. The number of halogens is 2. The average molecular weight is 404 g/mol. The van der Waals surface area contributed by atoms with Crippen LogP contribution in [0.4, 0.5) is 0 Å². The molecule has 142 valence electrons. The smallest absolute Gasteiger partial charge is 0.132 e. The second-order valence-electron chi connectivity index (χ2n) is 7.17. The van der Waals surface area contributed by atoms with E-state index < -0.39 is 0 Å². The summed E-state index contributed by atoms with van der Waals surface area (Å²) in [6.07, 6.45) is 4.22. The van der Waals surface area contributed by atoms with Crippen LogP contribution in [0.5, 0.6) is 0 Å². The summed E-state index contributed by atoms with van der Waals surface area (Å²) in [5.74, 6) is 1.19. The minimum absolute atomic E-state index is 0.411. The number of hydrogen-bond donors (Lipinski definition) is 1. The van der Waals surface area contributed by atoms with Crippen LogP contribution in [0, 0.1) is 13.8 Å². The third-order valence-electron chi connectivity index (χ3n) is 5.14. The van der Waals surface area contributed by atoms with Crippen molar-refractivity contribution in [3.63, 3.8) is 0 Å². The zero-order valence-corrected chi connectivity index (χ0v) is 17.1. The van der Waals surface area contributed by atoms with Gasteiger partial charge in [-0.2, -0.15) is 5.10 Å². The lowest BCUT2D eigenvalue weighted by molar-refractivity contribution is 0.378. The van der Waals surface area contributed by atoms with E-state index in [4.69, 9.17) is 23.2 Å². The molecule has 0 amide bonds. The monoisotopic (exact) mass is 403 g/mol. The van der Waals surface area contributed by atoms with Gasteiger partial charge in [-0.25, -0.2) is 9.67 Å². The zero-order chi connectivity index (χ0) is 19.0. The van der Waals surface area contributed by atoms with Crippen molar-refractivity contribution in [2.75, 3.05) is 0 Å². The summed E-state index contributed by atoms with van der Waals surface area (Å²) in [5, 5.41) is 9.67. The van der Waals surface area contributed by atoms with E-state index in [1.807, 2.05) is 42.8 Å². The molecule has 5 nitrogen and oxygen atoms in total. The molecule has 2 aromatic heterocycles. The third kappa shape index (κ3) is 3.91. The summed E-state index contributed by atoms with van der Waals surface area (Å²) < 4.78 is 4.08. The standard InChI is InChI=1S/C20H23Cl2N5/c1-13-10-26-12-16(7-8-19(26)24-13)23-9-17-14(2)25-27(20(17)22)11-15-5-3-4-6-18(15)21/h3-6,10,16,23H,7-9,11-12H2,1-2H3. The molecule has 0 spiro atoms. The molecule has 0 radical (unpaired) electrons. The molecule has 0 saturated carbocycles. The molecule has 1 unspecified atom stereocenters. The van der Waals surface area contributed by atoms with Crippen molar-refractivity contribution in [2.24, 2.45) is 0 Å². The first-order valence-corrected chi connectivity index (χ1v) is 9.98. The lowest BCUT2D eigenvalue weighted by Crippen LogP contribution is -2.36. The van der Waals surface area contributed by atoms with E-state index in [1.165, 1.54) is 5.82 Å². The first kappa shape index (κ1) is 18.5. The van der Waals surface area contributed by atoms with Crippen molar-refractivity contribution in [3.05, 3.63) is 69.0 Å². The third-order valence-corrected chi connectivity index (χ3v) is 5.93. The number of nitrogens with one attached hydrogen (secondary N) is 1. The number of rotatable bonds is 5. The van der Waals surface area contributed by atoms with Crippen LogP contribution in [0.2, 0.25) is 10.2 Å². The highest BCUT2D eigenvalue weighted by Gasteiger charge is 2.21. The largest absolute Gasteiger partial charge is 0.333 e. The molecule has 3 heterocycles. The fraction of sp³-hybridized carbons (Fsp3) is 0.400. The molecule has 0 fully saturated rings. The van der Waals surface area contributed by atoms with Crippen LogP contribution >= 0.6 is 23.2 Å². The number of hydrogen-bond acceptors (Lipinski definition) is 3. The SMILES string of the molecule is Cc1cn2c(n1)CCC(NCc1c(C)nn(Cc3ccccc3Cl)c1Cl)C2. The van der Waals surface area contributed by atoms with E-state index in [0.29, 0.717) is 24.3 Å². The Morgan fingerprint density at radius 2 is 2.04 bits per heavy atom. The predicted molar refractivity (Wildman–Crippen MR) is 108 cm³/mol. The summed E-state index contributed by atoms with van der Waals surface area (Å²) in [5.41, 5.74) is 4.11. The minimum Gasteiger partial charge on any atom is -0.333 e. The first-order chi connectivity index (χ1) is 13.0. The Balaban J connectivity index is 1.44. The molecule has 4 rings (SSSR count). The van der Waals surface area contributed by atoms with Crippen LogP contribution in [0.3, 0.4) is 0 Å². The lowest BCUT2D eigenvalue weighted by atomic mass is 10.1. The van der Waals surface area contributed by atoms with Crippen molar-refractivity contribution in [2.45, 2.75) is 52.4 Å². The van der Waals surface area contributed by atoms with E-state index in [-0.39, 0.29) is 0 Å². The Kier molecular flexibility index (Phi) is 5.26. The molecule has 1 N–H and O–H groups in total. The number of imidazole rings is 1. The van der Waals surface area contributed by atoms with Crippen LogP contribution in [0.1, 0.15) is 34.8 Å². The van der Waals surface area contributed by atoms with E-state index in [0.717, 1.165) is 46.9 Å². The van der Waals surface area contributed by atoms with Gasteiger partial charge in [0.2, 0.25) is 0 Å². The van der Waals surface area contributed by atoms with Crippen LogP contribution in [0.15, 0.2) is 30.5 Å². The number of nitrogens with zero attached hydrogens (tertiary/aromatic N) is 4. The van der Waals surface area contributed by atoms with Crippen molar-refractivity contribution in [3.8, 4) is 0 Å². The van der Waals surface area contributed by atoms with Gasteiger partial charge < -0.3 is 9.88 Å². The number of aromatic nitrogens is 4. The number of aryl methyl sites for hydroxylation is 3. The van der Waals surface area contributed by atoms with Crippen molar-refractivity contribution in [1.82, 2.24) is 24.6 Å². The molecule has 0 saturated heterocycles. The Bertz CT molecular complexity index is 959. The molecule has 27 heavy (non-hydrogen) atoms. The first-order valence-electron chi connectivity index (χ1n) is 9.22. The van der Waals surface area contributed by atoms with Gasteiger partial charge in [-0.1, -0.05) is 41.4 Å². The summed E-state index contributed by atoms with van der Waals surface area (Å²) in [4.78, 5) is 4.57. The Labute approximate surface area is 169 Å². The van der Waals surface area contributed by atoms with Crippen molar-refractivity contribution in [1.29, 1.82) is 0 Å². The Hall–Kier alpha value is -1.82. The van der Waals surface area contributed by atoms with E-state index >= 15 is 0 Å². The molecule has 3 aromatic rings. The Morgan fingerprint density at radius 3 is 2.85 bits per heavy atom. The molecule has 0 bridgehead atoms. The highest BCUT2D eigenvalue weighted by Crippen LogP contribution is 2.24. The van der Waals surface area contributed by atoms with Gasteiger partial charge in [-0.05, 0) is 31.9 Å². The number of fused-ring (bicyclic) bond motifs is 1. The highest BCUT2D eigenvalue weighted by molar-refractivity contribution is 6.31. The molecule has 1 aromatic carbocycles. The van der Waals surface area contributed by atoms with Gasteiger partial charge in [0.15, 0.2) is 0 Å². The van der Waals surface area contributed by atoms with Gasteiger partial charge >= 0.3 is 0 Å². The van der Waals surface area contributed by atoms with Crippen LogP contribution in [-0.2, 0) is 26.1 Å². The topological polar surface area (TPSA) is 47.7 Å². The van der Waals surface area contributed by atoms with Gasteiger partial charge in [0.1, 0.15) is 11.0 Å². The quantitative estimate of drug-likeness (QED) is 0.695. The Morgan fingerprint density at radius 1 is 1.22 bits per heavy atom. The predicted octanol–water partition coefficient (Wildman–Crippen LogP) is 4.16. The van der Waals surface area contributed by atoms with E-state index in [9.17, 15) is 0 Å². The summed E-state index contributed by atoms with van der Waals surface area (Å²) >= 11 is 12.9. The maximum absolute atomic E-state index is 6.64. The van der Waals surface area contributed by atoms with Gasteiger partial charge in [-0.15, -0.1) is 0 Å². The second kappa shape index (κ2) is 7.66. The van der Waals surface area contributed by atoms with E-state index in [1.54, 1.807) is 0 Å². The lowest BCUT2D eigenvalue weighted by Gasteiger charge is -2.24. The molecule has 1 aliphatic rings. The fourth-order valence-corrected chi connectivity index (χ4v) is 4.18. The molecular weight excluding hydrogens is 381 g/mol. The molecule has 1 atom stereocenters. The average Bonchev–Trinajstić information content (AvgIpc) is 3.13. The van der Waals surface area contributed by atoms with Crippen LogP contribution < -0.4 is 5.32 Å². The van der Waals surface area contributed by atoms with Gasteiger partial charge in [0.25, 0.3) is 0 Å². The number of benzene rings is 1. The maximum Gasteiger partial charge on any atom is 0.132 e. The zero-order valence-electron chi connectivity index (χ0n) is 15.5. The maximum atomic E-state index is 6.64. The molecule has 1 aliphatic heterocycles. The van der Waals surface area contributed by atoms with Gasteiger partial charge in [0, 0.05) is 42.3 Å². The molecular formula is C20H23Cl2N5. The van der Waals surface area contributed by atoms with Crippen molar-refractivity contribution >= 4 is 23.2 Å². The molecule has 0 aliphatic carbocycles. The summed E-state index contributed by atoms with van der Waals surface area (Å²) in [6.45, 7) is 6.27. The minimum atomic E-state index is 0.411. The van der Waals surface area contributed by atoms with Crippen LogP contribution in [0.25, 0.3) is 0 Å². The fourth-order valence-electron chi connectivity index (χ4n) is 3.68. The van der Waals surface area contributed by atoms with Crippen LogP contribution in [-0.4, -0.2) is 25.4 Å². The van der Waals surface area contributed by atoms with Gasteiger partial charge in [-0.3, -0.25) is 0 Å². The summed E-state index contributed by atoms with van der Waals surface area (Å²) in [6, 6.07) is 8.20. The normalized spacial score (nSPS) is 16.5. The van der Waals surface area contributed by atoms with Crippen molar-refractivity contribution < 1.29 is 0 Å². The van der Waals surface area contributed by atoms with E-state index in [2.05, 4.69) is 26.2 Å². The highest BCUT2D eigenvalue weighted by atomic mass is 35.5. The van der Waals surface area contributed by atoms with Gasteiger partial charge in [0.05, 0.1) is 17.9 Å². The summed E-state index contributed by atoms with van der Waals surface area (Å²) in [7, 11) is 0. The molecule has 7 heteroatoms.